The van der Waals surface area contributed by atoms with Gasteiger partial charge in [-0.2, -0.15) is 0 Å². The zero-order valence-corrected chi connectivity index (χ0v) is 34.9. The smallest absolute Gasteiger partial charge is 0.135 e. The van der Waals surface area contributed by atoms with Crippen LogP contribution in [0.5, 0.6) is 0 Å². The van der Waals surface area contributed by atoms with Crippen LogP contribution >= 0.6 is 0 Å². The number of rotatable bonds is 16. The van der Waals surface area contributed by atoms with Gasteiger partial charge >= 0.3 is 0 Å². The fourth-order valence-corrected chi connectivity index (χ4v) is 12.7. The summed E-state index contributed by atoms with van der Waals surface area (Å²) in [7, 11) is 0. The molecule has 6 heteroatoms. The lowest BCUT2D eigenvalue weighted by Crippen LogP contribution is -2.68. The van der Waals surface area contributed by atoms with Gasteiger partial charge in [-0.1, -0.05) is 80.6 Å². The minimum absolute atomic E-state index is 0.0221. The molecule has 6 saturated heterocycles. The first-order valence-electron chi connectivity index (χ1n) is 22.4. The maximum Gasteiger partial charge on any atom is 0.135 e. The molecule has 8 heterocycles. The van der Waals surface area contributed by atoms with Crippen LogP contribution in [0.2, 0.25) is 0 Å². The molecule has 2 aromatic heterocycles. The third-order valence-corrected chi connectivity index (χ3v) is 15.4. The summed E-state index contributed by atoms with van der Waals surface area (Å²) in [5, 5.41) is 2.42. The number of benzene rings is 3. The van der Waals surface area contributed by atoms with Crippen LogP contribution in [0.4, 0.5) is 0 Å². The highest BCUT2D eigenvalue weighted by molar-refractivity contribution is 5.83. The van der Waals surface area contributed by atoms with E-state index in [0.29, 0.717) is 25.3 Å². The second kappa shape index (κ2) is 16.8. The molecular formula is C52H64N4O2+2. The maximum absolute atomic E-state index is 6.93. The van der Waals surface area contributed by atoms with Gasteiger partial charge in [0.2, 0.25) is 0 Å². The van der Waals surface area contributed by atoms with Gasteiger partial charge in [0.25, 0.3) is 0 Å². The van der Waals surface area contributed by atoms with E-state index in [1.807, 2.05) is 24.5 Å². The van der Waals surface area contributed by atoms with Gasteiger partial charge in [-0.05, 0) is 66.1 Å². The summed E-state index contributed by atoms with van der Waals surface area (Å²) in [4.78, 5) is 9.51. The third-order valence-electron chi connectivity index (χ3n) is 15.4. The second-order valence-electron chi connectivity index (χ2n) is 18.3. The van der Waals surface area contributed by atoms with Gasteiger partial charge in [-0.15, -0.1) is 13.2 Å². The van der Waals surface area contributed by atoms with E-state index in [0.717, 1.165) is 56.8 Å². The number of fused-ring (bicyclic) bond motifs is 8. The highest BCUT2D eigenvalue weighted by Crippen LogP contribution is 2.51. The first-order valence-corrected chi connectivity index (χ1v) is 22.4. The van der Waals surface area contributed by atoms with E-state index in [9.17, 15) is 0 Å². The molecule has 0 saturated carbocycles. The maximum atomic E-state index is 6.93. The first kappa shape index (κ1) is 39.3. The summed E-state index contributed by atoms with van der Waals surface area (Å²) in [6, 6.07) is 32.2. The summed E-state index contributed by atoms with van der Waals surface area (Å²) in [6.07, 6.45) is 15.3. The van der Waals surface area contributed by atoms with Crippen molar-refractivity contribution in [3.05, 3.63) is 145 Å². The van der Waals surface area contributed by atoms with E-state index in [-0.39, 0.29) is 12.2 Å². The molecule has 2 unspecified atom stereocenters. The Morgan fingerprint density at radius 2 is 1.10 bits per heavy atom. The van der Waals surface area contributed by atoms with E-state index in [1.165, 1.54) is 97.7 Å². The van der Waals surface area contributed by atoms with Crippen LogP contribution in [0.3, 0.4) is 0 Å². The Balaban J connectivity index is 1.07. The summed E-state index contributed by atoms with van der Waals surface area (Å²) in [6.45, 7) is 21.0. The molecule has 11 rings (SSSR count). The molecule has 0 amide bonds. The Hall–Kier alpha value is -4.20. The SMILES string of the molecule is C=CCO[C@@H](c1ccnc2ccccc12)[C@H]1C[C@H]2CC[N+]1(Cc1cccc(C[N+]34CC[C@@H](C[C@@H]3[C@@H](OCC=C)c3ccnc5ccccc35)[C@@H](CC)C4)c1)C[C@@H]2CC. The zero-order valence-electron chi connectivity index (χ0n) is 34.9. The largest absolute Gasteiger partial charge is 0.363 e. The van der Waals surface area contributed by atoms with Crippen LogP contribution in [0.15, 0.2) is 123 Å². The molecule has 6 nitrogen and oxygen atoms in total. The topological polar surface area (TPSA) is 44.2 Å². The highest BCUT2D eigenvalue weighted by Gasteiger charge is 2.56. The number of hydrogen-bond donors (Lipinski definition) is 0. The summed E-state index contributed by atoms with van der Waals surface area (Å²) in [5.74, 6) is 3.00. The molecule has 6 fully saturated rings. The average Bonchev–Trinajstić information content (AvgIpc) is 3.27. The van der Waals surface area contributed by atoms with Crippen molar-refractivity contribution in [3.8, 4) is 0 Å². The van der Waals surface area contributed by atoms with Gasteiger partial charge in [0.05, 0.1) is 50.4 Å². The number of pyridine rings is 2. The lowest BCUT2D eigenvalue weighted by atomic mass is 9.70. The molecule has 0 radical (unpaired) electrons. The minimum Gasteiger partial charge on any atom is -0.363 e. The number of nitrogens with zero attached hydrogens (tertiary/aromatic N) is 4. The first-order chi connectivity index (χ1) is 28.5. The molecule has 6 aliphatic heterocycles. The van der Waals surface area contributed by atoms with Gasteiger partial charge in [0.1, 0.15) is 37.4 Å². The van der Waals surface area contributed by atoms with Gasteiger partial charge in [0.15, 0.2) is 0 Å². The number of quaternary nitrogens is 2. The molecule has 4 bridgehead atoms. The summed E-state index contributed by atoms with van der Waals surface area (Å²) >= 11 is 0. The van der Waals surface area contributed by atoms with Crippen LogP contribution < -0.4 is 0 Å². The highest BCUT2D eigenvalue weighted by atomic mass is 16.5. The Morgan fingerprint density at radius 1 is 0.638 bits per heavy atom. The molecule has 0 N–H and O–H groups in total. The van der Waals surface area contributed by atoms with Crippen LogP contribution in [0.1, 0.15) is 86.8 Å². The molecule has 302 valence electrons. The third kappa shape index (κ3) is 7.25. The number of piperidine rings is 6. The number of hydrogen-bond acceptors (Lipinski definition) is 4. The van der Waals surface area contributed by atoms with Crippen LogP contribution in [-0.4, -0.2) is 70.4 Å². The van der Waals surface area contributed by atoms with E-state index in [1.54, 1.807) is 0 Å². The molecule has 0 spiro atoms. The number of ether oxygens (including phenoxy) is 2. The quantitative estimate of drug-likeness (QED) is 0.0739. The Bertz CT molecular complexity index is 2080. The molecule has 0 aliphatic carbocycles. The molecular weight excluding hydrogens is 713 g/mol. The van der Waals surface area contributed by atoms with E-state index < -0.39 is 0 Å². The van der Waals surface area contributed by atoms with Crippen LogP contribution in [-0.2, 0) is 22.6 Å². The molecule has 5 aromatic rings. The van der Waals surface area contributed by atoms with Crippen LogP contribution in [0, 0.1) is 23.7 Å². The fraction of sp³-hybridized carbons (Fsp3) is 0.462. The minimum atomic E-state index is -0.0221. The van der Waals surface area contributed by atoms with Crippen molar-refractivity contribution in [1.29, 1.82) is 0 Å². The van der Waals surface area contributed by atoms with Gasteiger partial charge in [0, 0.05) is 71.8 Å². The Morgan fingerprint density at radius 3 is 1.55 bits per heavy atom. The van der Waals surface area contributed by atoms with Gasteiger partial charge in [-0.3, -0.25) is 9.97 Å². The Kier molecular flexibility index (Phi) is 11.4. The zero-order chi connectivity index (χ0) is 39.7. The van der Waals surface area contributed by atoms with Crippen molar-refractivity contribution < 1.29 is 18.4 Å². The predicted molar refractivity (Wildman–Crippen MR) is 236 cm³/mol. The van der Waals surface area contributed by atoms with E-state index in [4.69, 9.17) is 19.4 Å². The van der Waals surface area contributed by atoms with Crippen molar-refractivity contribution >= 4 is 21.8 Å². The van der Waals surface area contributed by atoms with Crippen molar-refractivity contribution in [1.82, 2.24) is 9.97 Å². The summed E-state index contributed by atoms with van der Waals surface area (Å²) < 4.78 is 16.0. The van der Waals surface area contributed by atoms with Crippen molar-refractivity contribution in [2.24, 2.45) is 23.7 Å². The van der Waals surface area contributed by atoms with Crippen molar-refractivity contribution in [2.45, 2.75) is 89.8 Å². The molecule has 10 atom stereocenters. The lowest BCUT2D eigenvalue weighted by molar-refractivity contribution is -0.986. The number of para-hydroxylation sites is 2. The Labute approximate surface area is 346 Å². The van der Waals surface area contributed by atoms with Gasteiger partial charge < -0.3 is 18.4 Å². The van der Waals surface area contributed by atoms with Crippen molar-refractivity contribution in [2.75, 3.05) is 39.4 Å². The van der Waals surface area contributed by atoms with Gasteiger partial charge in [-0.25, -0.2) is 0 Å². The fourth-order valence-electron chi connectivity index (χ4n) is 12.7. The molecule has 6 aliphatic rings. The second-order valence-corrected chi connectivity index (χ2v) is 18.3. The van der Waals surface area contributed by atoms with Crippen LogP contribution in [0.25, 0.3) is 21.8 Å². The predicted octanol–water partition coefficient (Wildman–Crippen LogP) is 10.9. The average molecular weight is 777 g/mol. The summed E-state index contributed by atoms with van der Waals surface area (Å²) in [5.41, 5.74) is 7.57. The van der Waals surface area contributed by atoms with Crippen molar-refractivity contribution in [3.63, 3.8) is 0 Å². The monoisotopic (exact) mass is 777 g/mol. The standard InChI is InChI=1S/C52H64N4O2/c1-5-28-57-51(45-20-24-53-47-18-11-9-16-43(45)47)49-31-41-22-26-55(49,35-39(41)7-3)33-37-14-13-15-38(30-37)34-56-27-23-42(40(8-4)36-56)32-50(56)52(58-29-6-2)46-21-25-54-48-19-12-10-17-44(46)48/h5-6,9-21,24-25,30,39-42,49-52H,1-2,7-8,22-23,26-29,31-36H2,3-4H3/q+2/t39-,40-,41-,42+,49+,50+,51-,52-,55?,56?/m0/s1. The lowest BCUT2D eigenvalue weighted by Gasteiger charge is -2.59. The van der Waals surface area contributed by atoms with E-state index >= 15 is 0 Å². The molecule has 58 heavy (non-hydrogen) atoms. The van der Waals surface area contributed by atoms with E-state index in [2.05, 4.69) is 112 Å². The molecule has 3 aromatic carbocycles. The number of aromatic nitrogens is 2. The normalized spacial score (nSPS) is 30.0.